The van der Waals surface area contributed by atoms with Crippen molar-refractivity contribution in [1.29, 1.82) is 5.26 Å². The molecule has 5 rings (SSSR count). The lowest BCUT2D eigenvalue weighted by molar-refractivity contribution is -0.128. The average molecular weight is 564 g/mol. The second-order valence-corrected chi connectivity index (χ2v) is 10.9. The number of carbonyl (C=O) groups excluding carboxylic acids is 2. The third-order valence-corrected chi connectivity index (χ3v) is 8.41. The van der Waals surface area contributed by atoms with Gasteiger partial charge in [0.2, 0.25) is 5.91 Å². The number of hydrogen-bond donors (Lipinski definition) is 0. The third-order valence-electron chi connectivity index (χ3n) is 8.41. The third kappa shape index (κ3) is 6.19. The van der Waals surface area contributed by atoms with Gasteiger partial charge in [0, 0.05) is 37.7 Å². The fourth-order valence-corrected chi connectivity index (χ4v) is 6.11. The molecule has 4 unspecified atom stereocenters. The van der Waals surface area contributed by atoms with Crippen LogP contribution in [0.2, 0.25) is 0 Å². The van der Waals surface area contributed by atoms with Crippen LogP contribution in [0.4, 0.5) is 10.2 Å². The summed E-state index contributed by atoms with van der Waals surface area (Å²) in [6, 6.07) is 2.12. The number of halogens is 1. The van der Waals surface area contributed by atoms with Crippen molar-refractivity contribution in [3.05, 3.63) is 54.1 Å². The number of carbonyl (C=O) groups is 2. The number of likely N-dealkylation sites (tertiary alicyclic amines) is 1. The summed E-state index contributed by atoms with van der Waals surface area (Å²) in [6.45, 7) is 6.10. The topological polar surface area (TPSA) is 112 Å². The molecule has 11 heteroatoms. The van der Waals surface area contributed by atoms with Crippen molar-refractivity contribution in [2.45, 2.75) is 62.6 Å². The van der Waals surface area contributed by atoms with E-state index in [0.29, 0.717) is 62.3 Å². The second-order valence-electron chi connectivity index (χ2n) is 10.9. The molecule has 0 aromatic carbocycles. The Bertz CT molecular complexity index is 1260. The van der Waals surface area contributed by atoms with Gasteiger partial charge >= 0.3 is 6.01 Å². The van der Waals surface area contributed by atoms with Gasteiger partial charge in [0.15, 0.2) is 12.5 Å². The highest BCUT2D eigenvalue weighted by atomic mass is 19.1. The van der Waals surface area contributed by atoms with Gasteiger partial charge in [0.05, 0.1) is 24.6 Å². The minimum atomic E-state index is -1.25. The van der Waals surface area contributed by atoms with Crippen molar-refractivity contribution in [1.82, 2.24) is 19.8 Å². The number of allylic oxidation sites excluding steroid dienone is 2. The van der Waals surface area contributed by atoms with Crippen LogP contribution in [0.15, 0.2) is 36.5 Å². The van der Waals surface area contributed by atoms with Crippen molar-refractivity contribution in [2.24, 2.45) is 0 Å². The standard InChI is InChI=1S/C30H36FN6O4/c1-3-27(39)37-16-15-36(17-20(37)12-13-32)29-22(10-11-26-28(31)23-8-4-5-9-25(23)41-26)24(18-38)33-30(34-29)40-19-21-7-6-14-35(21)2/h3-5,8-9,18,20-21,25-26,28H,1,6-7,10-12,14-17,19H2,2H3/t20?,21?,25?,26-,28?/m0/s1. The number of aromatic nitrogens is 2. The minimum Gasteiger partial charge on any atom is -0.462 e. The second kappa shape index (κ2) is 12.9. The molecule has 41 heavy (non-hydrogen) atoms. The summed E-state index contributed by atoms with van der Waals surface area (Å²) in [4.78, 5) is 39.8. The minimum absolute atomic E-state index is 0.102. The lowest BCUT2D eigenvalue weighted by atomic mass is 9.96. The molecule has 4 heterocycles. The van der Waals surface area contributed by atoms with Crippen LogP contribution in [0.3, 0.4) is 0 Å². The molecule has 10 nitrogen and oxygen atoms in total. The number of anilines is 1. The maximum Gasteiger partial charge on any atom is 0.319 e. The molecule has 3 saturated heterocycles. The van der Waals surface area contributed by atoms with Crippen LogP contribution < -0.4 is 9.64 Å². The number of amides is 1. The first-order chi connectivity index (χ1) is 19.9. The largest absolute Gasteiger partial charge is 0.462 e. The maximum absolute atomic E-state index is 15.2. The van der Waals surface area contributed by atoms with Crippen molar-refractivity contribution >= 4 is 18.0 Å². The van der Waals surface area contributed by atoms with Gasteiger partial charge in [-0.05, 0) is 50.9 Å². The molecule has 3 aliphatic heterocycles. The summed E-state index contributed by atoms with van der Waals surface area (Å²) in [7, 11) is 2.05. The molecular formula is C30H36FN6O4. The highest BCUT2D eigenvalue weighted by Crippen LogP contribution is 2.36. The molecule has 1 amide bonds. The number of rotatable bonds is 10. The van der Waals surface area contributed by atoms with Crippen LogP contribution in [0.25, 0.3) is 0 Å². The molecule has 217 valence electrons. The predicted octanol–water partition coefficient (Wildman–Crippen LogP) is 2.62. The van der Waals surface area contributed by atoms with Gasteiger partial charge in [-0.15, -0.1) is 0 Å². The summed E-state index contributed by atoms with van der Waals surface area (Å²) >= 11 is 0. The van der Waals surface area contributed by atoms with Crippen molar-refractivity contribution < 1.29 is 23.5 Å². The van der Waals surface area contributed by atoms with E-state index >= 15 is 4.39 Å². The Morgan fingerprint density at radius 3 is 2.88 bits per heavy atom. The summed E-state index contributed by atoms with van der Waals surface area (Å²) in [6.07, 6.45) is 9.74. The van der Waals surface area contributed by atoms with E-state index in [1.54, 1.807) is 17.4 Å². The van der Waals surface area contributed by atoms with E-state index in [2.05, 4.69) is 29.6 Å². The number of hydrogen-bond acceptors (Lipinski definition) is 9. The molecule has 3 fully saturated rings. The molecule has 0 bridgehead atoms. The number of fused-ring (bicyclic) bond motifs is 1. The zero-order valence-electron chi connectivity index (χ0n) is 23.3. The van der Waals surface area contributed by atoms with E-state index in [1.807, 2.05) is 17.1 Å². The number of ether oxygens (including phenoxy) is 2. The monoisotopic (exact) mass is 563 g/mol. The molecule has 0 N–H and O–H groups in total. The molecule has 0 spiro atoms. The highest BCUT2D eigenvalue weighted by Gasteiger charge is 2.40. The Labute approximate surface area is 240 Å². The van der Waals surface area contributed by atoms with Gasteiger partial charge < -0.3 is 24.2 Å². The van der Waals surface area contributed by atoms with Crippen molar-refractivity contribution in [3.63, 3.8) is 0 Å². The van der Waals surface area contributed by atoms with E-state index in [1.165, 1.54) is 6.08 Å². The van der Waals surface area contributed by atoms with Crippen LogP contribution in [-0.2, 0) is 16.0 Å². The van der Waals surface area contributed by atoms with E-state index < -0.39 is 12.3 Å². The Kier molecular flexibility index (Phi) is 9.10. The fraction of sp³-hybridized carbons (Fsp3) is 0.533. The Hall–Kier alpha value is -3.62. The number of alkyl halides is 1. The molecule has 1 radical (unpaired) electrons. The van der Waals surface area contributed by atoms with Crippen LogP contribution in [0, 0.1) is 17.8 Å². The lowest BCUT2D eigenvalue weighted by Gasteiger charge is -2.41. The first-order valence-electron chi connectivity index (χ1n) is 14.2. The van der Waals surface area contributed by atoms with Crippen molar-refractivity contribution in [2.75, 3.05) is 44.7 Å². The number of likely N-dealkylation sites (N-methyl/N-ethyl adjacent to an activating group) is 1. The van der Waals surface area contributed by atoms with Gasteiger partial charge in [0.25, 0.3) is 0 Å². The summed E-state index contributed by atoms with van der Waals surface area (Å²) in [5.74, 6) is 0.268. The number of nitrogens with zero attached hydrogens (tertiary/aromatic N) is 6. The Balaban J connectivity index is 1.42. The van der Waals surface area contributed by atoms with Crippen LogP contribution in [-0.4, -0.2) is 102 Å². The predicted molar refractivity (Wildman–Crippen MR) is 150 cm³/mol. The molecule has 1 aromatic rings. The van der Waals surface area contributed by atoms with Gasteiger partial charge in [-0.2, -0.15) is 15.2 Å². The average Bonchev–Trinajstić information content (AvgIpc) is 3.56. The molecular weight excluding hydrogens is 527 g/mol. The molecule has 5 atom stereocenters. The highest BCUT2D eigenvalue weighted by molar-refractivity contribution is 5.87. The zero-order valence-corrected chi connectivity index (χ0v) is 23.3. The van der Waals surface area contributed by atoms with Gasteiger partial charge in [-0.25, -0.2) is 4.39 Å². The molecule has 4 aliphatic rings. The van der Waals surface area contributed by atoms with E-state index in [4.69, 9.17) is 14.5 Å². The van der Waals surface area contributed by atoms with Crippen LogP contribution in [0.5, 0.6) is 6.01 Å². The van der Waals surface area contributed by atoms with E-state index in [0.717, 1.165) is 19.4 Å². The number of nitriles is 1. The van der Waals surface area contributed by atoms with Gasteiger partial charge in [-0.3, -0.25) is 9.59 Å². The van der Waals surface area contributed by atoms with Gasteiger partial charge in [0.1, 0.15) is 24.2 Å². The lowest BCUT2D eigenvalue weighted by Crippen LogP contribution is -2.55. The SMILES string of the molecule is C=CC(=O)N1CCN(c2nc(OCC3CCCN3C)nc(C=O)c2CC[C@@H]2OC3C=C[CH]C=C3C2F)CC1CC#N. The Morgan fingerprint density at radius 2 is 2.17 bits per heavy atom. The summed E-state index contributed by atoms with van der Waals surface area (Å²) in [5, 5.41) is 9.45. The summed E-state index contributed by atoms with van der Waals surface area (Å²) < 4.78 is 27.2. The van der Waals surface area contributed by atoms with E-state index in [-0.39, 0.29) is 42.2 Å². The maximum atomic E-state index is 15.2. The van der Waals surface area contributed by atoms with Crippen LogP contribution in [0.1, 0.15) is 41.7 Å². The van der Waals surface area contributed by atoms with E-state index in [9.17, 15) is 14.9 Å². The Morgan fingerprint density at radius 1 is 1.32 bits per heavy atom. The molecule has 1 aromatic heterocycles. The zero-order chi connectivity index (χ0) is 28.9. The van der Waals surface area contributed by atoms with Crippen LogP contribution >= 0.6 is 0 Å². The normalized spacial score (nSPS) is 27.7. The first kappa shape index (κ1) is 28.9. The first-order valence-corrected chi connectivity index (χ1v) is 14.2. The molecule has 1 aliphatic carbocycles. The summed E-state index contributed by atoms with van der Waals surface area (Å²) in [5.41, 5.74) is 1.36. The number of piperazine rings is 1. The molecule has 0 saturated carbocycles. The number of aldehydes is 1. The fourth-order valence-electron chi connectivity index (χ4n) is 6.11. The van der Waals surface area contributed by atoms with Crippen molar-refractivity contribution in [3.8, 4) is 12.1 Å². The van der Waals surface area contributed by atoms with Gasteiger partial charge in [-0.1, -0.05) is 24.8 Å². The quantitative estimate of drug-likeness (QED) is 0.313. The smallest absolute Gasteiger partial charge is 0.319 e.